The van der Waals surface area contributed by atoms with Gasteiger partial charge in [-0.15, -0.1) is 0 Å². The Balaban J connectivity index is 1.73. The van der Waals surface area contributed by atoms with Crippen LogP contribution in [0.5, 0.6) is 11.5 Å². The highest BCUT2D eigenvalue weighted by Gasteiger charge is 2.35. The fourth-order valence-electron chi connectivity index (χ4n) is 3.79. The third-order valence-electron chi connectivity index (χ3n) is 5.54. The zero-order chi connectivity index (χ0) is 22.6. The van der Waals surface area contributed by atoms with Crippen molar-refractivity contribution in [3.05, 3.63) is 58.4 Å². The predicted molar refractivity (Wildman–Crippen MR) is 110 cm³/mol. The first kappa shape index (κ1) is 23.4. The van der Waals surface area contributed by atoms with E-state index in [0.717, 1.165) is 12.8 Å². The maximum atomic E-state index is 14.8. The first-order chi connectivity index (χ1) is 14.7. The highest BCUT2D eigenvalue weighted by molar-refractivity contribution is 5.49. The van der Waals surface area contributed by atoms with Crippen molar-refractivity contribution in [2.75, 3.05) is 0 Å². The van der Waals surface area contributed by atoms with Gasteiger partial charge in [-0.25, -0.2) is 8.78 Å². The van der Waals surface area contributed by atoms with E-state index < -0.39 is 36.9 Å². The Hall–Kier alpha value is -2.28. The molecule has 2 unspecified atom stereocenters. The third-order valence-corrected chi connectivity index (χ3v) is 5.54. The van der Waals surface area contributed by atoms with Gasteiger partial charge in [-0.1, -0.05) is 37.6 Å². The lowest BCUT2D eigenvalue weighted by molar-refractivity contribution is -0.181. The van der Waals surface area contributed by atoms with Crippen molar-refractivity contribution in [1.82, 2.24) is 0 Å². The Morgan fingerprint density at radius 1 is 1.26 bits per heavy atom. The van der Waals surface area contributed by atoms with Crippen LogP contribution in [-0.2, 0) is 19.5 Å². The second kappa shape index (κ2) is 9.90. The Bertz CT molecular complexity index is 881. The number of hydrogen-bond acceptors (Lipinski definition) is 3. The first-order valence-electron chi connectivity index (χ1n) is 10.6. The summed E-state index contributed by atoms with van der Waals surface area (Å²) in [6, 6.07) is 7.85. The van der Waals surface area contributed by atoms with E-state index in [1.54, 1.807) is 31.2 Å². The SMILES string of the molecule is CCCC1CCc2cc(OC(F)(F)CCc3ccc(C(C)O)cc3)c(F)c(CF)c2O1. The van der Waals surface area contributed by atoms with Crippen molar-refractivity contribution in [2.24, 2.45) is 0 Å². The maximum Gasteiger partial charge on any atom is 0.398 e. The molecule has 0 radical (unpaired) electrons. The van der Waals surface area contributed by atoms with Gasteiger partial charge in [-0.05, 0) is 55.4 Å². The van der Waals surface area contributed by atoms with Crippen molar-refractivity contribution >= 4 is 0 Å². The summed E-state index contributed by atoms with van der Waals surface area (Å²) in [6.45, 7) is 2.45. The Morgan fingerprint density at radius 2 is 1.97 bits per heavy atom. The number of aliphatic hydroxyl groups is 1. The van der Waals surface area contributed by atoms with Crippen LogP contribution in [0.1, 0.15) is 67.9 Å². The summed E-state index contributed by atoms with van der Waals surface area (Å²) >= 11 is 0. The summed E-state index contributed by atoms with van der Waals surface area (Å²) < 4.78 is 67.8. The summed E-state index contributed by atoms with van der Waals surface area (Å²) in [6.07, 6.45) is -2.28. The van der Waals surface area contributed by atoms with Gasteiger partial charge >= 0.3 is 6.11 Å². The molecule has 0 aliphatic carbocycles. The van der Waals surface area contributed by atoms with Crippen LogP contribution in [0.15, 0.2) is 30.3 Å². The van der Waals surface area contributed by atoms with Crippen molar-refractivity contribution < 1.29 is 32.1 Å². The number of benzene rings is 2. The average molecular weight is 440 g/mol. The summed E-state index contributed by atoms with van der Waals surface area (Å²) in [5.41, 5.74) is 1.45. The summed E-state index contributed by atoms with van der Waals surface area (Å²) in [7, 11) is 0. The second-order valence-electron chi connectivity index (χ2n) is 8.01. The molecule has 0 saturated heterocycles. The van der Waals surface area contributed by atoms with Gasteiger partial charge in [-0.2, -0.15) is 8.78 Å². The molecule has 1 aliphatic heterocycles. The molecule has 0 saturated carbocycles. The Morgan fingerprint density at radius 3 is 2.58 bits per heavy atom. The highest BCUT2D eigenvalue weighted by Crippen LogP contribution is 2.40. The average Bonchev–Trinajstić information content (AvgIpc) is 2.73. The van der Waals surface area contributed by atoms with E-state index in [-0.39, 0.29) is 23.8 Å². The maximum absolute atomic E-state index is 14.8. The molecule has 170 valence electrons. The molecule has 1 aliphatic rings. The van der Waals surface area contributed by atoms with Gasteiger partial charge in [0.1, 0.15) is 12.4 Å². The Labute approximate surface area is 180 Å². The van der Waals surface area contributed by atoms with Gasteiger partial charge in [0.2, 0.25) is 0 Å². The lowest BCUT2D eigenvalue weighted by Gasteiger charge is -2.29. The van der Waals surface area contributed by atoms with E-state index in [1.807, 2.05) is 6.92 Å². The van der Waals surface area contributed by atoms with Gasteiger partial charge in [-0.3, -0.25) is 0 Å². The summed E-state index contributed by atoms with van der Waals surface area (Å²) in [5.74, 6) is -1.67. The molecular weight excluding hydrogens is 412 g/mol. The summed E-state index contributed by atoms with van der Waals surface area (Å²) in [4.78, 5) is 0. The lowest BCUT2D eigenvalue weighted by atomic mass is 9.96. The lowest BCUT2D eigenvalue weighted by Crippen LogP contribution is -2.27. The molecule has 0 bridgehead atoms. The van der Waals surface area contributed by atoms with Gasteiger partial charge < -0.3 is 14.6 Å². The van der Waals surface area contributed by atoms with Gasteiger partial charge in [0, 0.05) is 0 Å². The first-order valence-corrected chi connectivity index (χ1v) is 10.6. The van der Waals surface area contributed by atoms with E-state index in [9.17, 15) is 22.7 Å². The number of alkyl halides is 3. The highest BCUT2D eigenvalue weighted by atomic mass is 19.3. The molecule has 0 fully saturated rings. The van der Waals surface area contributed by atoms with Gasteiger partial charge in [0.05, 0.1) is 24.2 Å². The monoisotopic (exact) mass is 440 g/mol. The molecule has 0 amide bonds. The van der Waals surface area contributed by atoms with Crippen LogP contribution in [0, 0.1) is 5.82 Å². The zero-order valence-electron chi connectivity index (χ0n) is 17.8. The van der Waals surface area contributed by atoms with Crippen LogP contribution < -0.4 is 9.47 Å². The zero-order valence-corrected chi connectivity index (χ0v) is 17.8. The van der Waals surface area contributed by atoms with E-state index in [0.29, 0.717) is 29.5 Å². The van der Waals surface area contributed by atoms with E-state index >= 15 is 0 Å². The molecular formula is C24H28F4O3. The molecule has 31 heavy (non-hydrogen) atoms. The van der Waals surface area contributed by atoms with Crippen LogP contribution >= 0.6 is 0 Å². The van der Waals surface area contributed by atoms with Crippen molar-refractivity contribution in [3.63, 3.8) is 0 Å². The molecule has 3 nitrogen and oxygen atoms in total. The molecule has 1 heterocycles. The molecule has 0 aromatic heterocycles. The van der Waals surface area contributed by atoms with Crippen molar-refractivity contribution in [1.29, 1.82) is 0 Å². The standard InChI is InChI=1S/C24H28F4O3/c1-3-4-19-10-9-18-13-21(22(26)20(14-25)23(18)30-19)31-24(27,28)12-11-16-5-7-17(8-6-16)15(2)29/h5-8,13,15,19,29H,3-4,9-12,14H2,1-2H3. The fraction of sp³-hybridized carbons (Fsp3) is 0.500. The molecule has 3 rings (SSSR count). The van der Waals surface area contributed by atoms with E-state index in [2.05, 4.69) is 0 Å². The van der Waals surface area contributed by atoms with Gasteiger partial charge in [0.15, 0.2) is 11.6 Å². The van der Waals surface area contributed by atoms with Crippen LogP contribution in [0.3, 0.4) is 0 Å². The number of halogens is 4. The molecule has 2 atom stereocenters. The van der Waals surface area contributed by atoms with Crippen molar-refractivity contribution in [2.45, 2.75) is 77.4 Å². The third kappa shape index (κ3) is 5.70. The predicted octanol–water partition coefficient (Wildman–Crippen LogP) is 6.45. The van der Waals surface area contributed by atoms with E-state index in [1.165, 1.54) is 6.07 Å². The Kier molecular flexibility index (Phi) is 7.46. The number of rotatable bonds is 9. The molecule has 7 heteroatoms. The molecule has 2 aromatic rings. The van der Waals surface area contributed by atoms with Gasteiger partial charge in [0.25, 0.3) is 0 Å². The minimum absolute atomic E-state index is 0.00255. The number of fused-ring (bicyclic) bond motifs is 1. The molecule has 2 aromatic carbocycles. The minimum Gasteiger partial charge on any atom is -0.490 e. The van der Waals surface area contributed by atoms with E-state index in [4.69, 9.17) is 9.47 Å². The second-order valence-corrected chi connectivity index (χ2v) is 8.01. The number of aliphatic hydroxyl groups excluding tert-OH is 1. The topological polar surface area (TPSA) is 38.7 Å². The smallest absolute Gasteiger partial charge is 0.398 e. The fourth-order valence-corrected chi connectivity index (χ4v) is 3.79. The molecule has 0 spiro atoms. The van der Waals surface area contributed by atoms with Crippen LogP contribution in [0.25, 0.3) is 0 Å². The summed E-state index contributed by atoms with van der Waals surface area (Å²) in [5, 5.41) is 9.52. The number of hydrogen-bond donors (Lipinski definition) is 1. The largest absolute Gasteiger partial charge is 0.490 e. The quantitative estimate of drug-likeness (QED) is 0.456. The van der Waals surface area contributed by atoms with Crippen LogP contribution in [-0.4, -0.2) is 17.3 Å². The van der Waals surface area contributed by atoms with Crippen molar-refractivity contribution in [3.8, 4) is 11.5 Å². The number of aryl methyl sites for hydroxylation is 2. The minimum atomic E-state index is -3.63. The normalized spacial score (nSPS) is 17.1. The number of ether oxygens (including phenoxy) is 2. The van der Waals surface area contributed by atoms with Crippen LogP contribution in [0.2, 0.25) is 0 Å². The molecule has 1 N–H and O–H groups in total. The van der Waals surface area contributed by atoms with Crippen LogP contribution in [0.4, 0.5) is 17.6 Å².